The minimum Gasteiger partial charge on any atom is -0.388 e. The molecule has 0 fully saturated rings. The van der Waals surface area contributed by atoms with E-state index in [0.717, 1.165) is 10.7 Å². The minimum atomic E-state index is -0.533. The first kappa shape index (κ1) is 12.4. The Bertz CT molecular complexity index is 486. The molecule has 0 spiro atoms. The van der Waals surface area contributed by atoms with Gasteiger partial charge >= 0.3 is 0 Å². The van der Waals surface area contributed by atoms with Crippen molar-refractivity contribution in [1.82, 2.24) is 14.8 Å². The van der Waals surface area contributed by atoms with Crippen LogP contribution in [0.1, 0.15) is 11.7 Å². The molecule has 0 saturated heterocycles. The van der Waals surface area contributed by atoms with Crippen molar-refractivity contribution in [3.8, 4) is 0 Å². The van der Waals surface area contributed by atoms with E-state index >= 15 is 0 Å². The maximum atomic E-state index is 9.98. The van der Waals surface area contributed by atoms with Crippen molar-refractivity contribution in [1.29, 1.82) is 0 Å². The number of hydrogen-bond donors (Lipinski definition) is 1. The van der Waals surface area contributed by atoms with Crippen LogP contribution in [0.3, 0.4) is 0 Å². The molecule has 0 saturated carbocycles. The summed E-state index contributed by atoms with van der Waals surface area (Å²) in [6, 6.07) is 7.19. The van der Waals surface area contributed by atoms with Gasteiger partial charge in [0.2, 0.25) is 0 Å². The van der Waals surface area contributed by atoms with Gasteiger partial charge in [-0.1, -0.05) is 35.5 Å². The van der Waals surface area contributed by atoms with Gasteiger partial charge in [-0.2, -0.15) is 0 Å². The summed E-state index contributed by atoms with van der Waals surface area (Å²) < 4.78 is 1.82. The lowest BCUT2D eigenvalue weighted by Gasteiger charge is -2.09. The zero-order valence-electron chi connectivity index (χ0n) is 9.25. The molecule has 0 aliphatic rings. The second-order valence-corrected chi connectivity index (χ2v) is 5.03. The highest BCUT2D eigenvalue weighted by Crippen LogP contribution is 2.23. The summed E-state index contributed by atoms with van der Waals surface area (Å²) in [6.45, 7) is 0. The first-order valence-electron chi connectivity index (χ1n) is 5.07. The molecular weight excluding hydrogens is 258 g/mol. The van der Waals surface area contributed by atoms with E-state index < -0.39 is 6.10 Å². The standard InChI is InChI=1S/C11H12ClN3OS/c1-15-7-13-14-11(15)17-6-10(16)8-2-4-9(12)5-3-8/h2-5,7,10,16H,6H2,1H3. The fourth-order valence-electron chi connectivity index (χ4n) is 1.34. The van der Waals surface area contributed by atoms with E-state index in [-0.39, 0.29) is 0 Å². The Morgan fingerprint density at radius 3 is 2.71 bits per heavy atom. The fourth-order valence-corrected chi connectivity index (χ4v) is 2.32. The van der Waals surface area contributed by atoms with Crippen LogP contribution in [-0.4, -0.2) is 25.6 Å². The Morgan fingerprint density at radius 2 is 2.12 bits per heavy atom. The SMILES string of the molecule is Cn1cnnc1SCC(O)c1ccc(Cl)cc1. The molecule has 0 radical (unpaired) electrons. The maximum Gasteiger partial charge on any atom is 0.190 e. The van der Waals surface area contributed by atoms with Crippen molar-refractivity contribution < 1.29 is 5.11 Å². The quantitative estimate of drug-likeness (QED) is 0.866. The number of nitrogens with zero attached hydrogens (tertiary/aromatic N) is 3. The Hall–Kier alpha value is -1.04. The van der Waals surface area contributed by atoms with Crippen LogP contribution in [0, 0.1) is 0 Å². The second kappa shape index (κ2) is 5.53. The Balaban J connectivity index is 1.95. The summed E-state index contributed by atoms with van der Waals surface area (Å²) in [5, 5.41) is 19.2. The van der Waals surface area contributed by atoms with Crippen LogP contribution >= 0.6 is 23.4 Å². The highest BCUT2D eigenvalue weighted by molar-refractivity contribution is 7.99. The van der Waals surface area contributed by atoms with Crippen LogP contribution in [-0.2, 0) is 7.05 Å². The summed E-state index contributed by atoms with van der Waals surface area (Å²) in [5.41, 5.74) is 0.851. The van der Waals surface area contributed by atoms with E-state index in [9.17, 15) is 5.11 Å². The molecule has 17 heavy (non-hydrogen) atoms. The van der Waals surface area contributed by atoms with E-state index in [4.69, 9.17) is 11.6 Å². The fraction of sp³-hybridized carbons (Fsp3) is 0.273. The van der Waals surface area contributed by atoms with Crippen LogP contribution in [0.25, 0.3) is 0 Å². The molecule has 0 aliphatic heterocycles. The summed E-state index contributed by atoms with van der Waals surface area (Å²) in [5.74, 6) is 0.536. The van der Waals surface area contributed by atoms with Gasteiger partial charge in [-0.3, -0.25) is 0 Å². The normalized spacial score (nSPS) is 12.6. The molecule has 1 aromatic heterocycles. The molecule has 2 aromatic rings. The Morgan fingerprint density at radius 1 is 1.41 bits per heavy atom. The van der Waals surface area contributed by atoms with Crippen LogP contribution in [0.2, 0.25) is 5.02 Å². The van der Waals surface area contributed by atoms with Crippen molar-refractivity contribution in [3.63, 3.8) is 0 Å². The molecule has 90 valence electrons. The molecule has 0 amide bonds. The average molecular weight is 270 g/mol. The minimum absolute atomic E-state index is 0.533. The molecule has 2 rings (SSSR count). The topological polar surface area (TPSA) is 50.9 Å². The number of benzene rings is 1. The van der Waals surface area contributed by atoms with Gasteiger partial charge in [0.15, 0.2) is 5.16 Å². The predicted octanol–water partition coefficient (Wildman–Crippen LogP) is 2.29. The lowest BCUT2D eigenvalue weighted by molar-refractivity contribution is 0.204. The maximum absolute atomic E-state index is 9.98. The first-order chi connectivity index (χ1) is 8.16. The second-order valence-electron chi connectivity index (χ2n) is 3.60. The zero-order valence-corrected chi connectivity index (χ0v) is 10.8. The van der Waals surface area contributed by atoms with Crippen molar-refractivity contribution in [2.75, 3.05) is 5.75 Å². The van der Waals surface area contributed by atoms with E-state index in [2.05, 4.69) is 10.2 Å². The monoisotopic (exact) mass is 269 g/mol. The van der Waals surface area contributed by atoms with Gasteiger partial charge in [0.05, 0.1) is 6.10 Å². The summed E-state index contributed by atoms with van der Waals surface area (Å²) in [6.07, 6.45) is 1.10. The number of hydrogen-bond acceptors (Lipinski definition) is 4. The zero-order chi connectivity index (χ0) is 12.3. The molecule has 1 unspecified atom stereocenters. The number of aromatic nitrogens is 3. The van der Waals surface area contributed by atoms with Crippen molar-refractivity contribution in [2.45, 2.75) is 11.3 Å². The van der Waals surface area contributed by atoms with Crippen LogP contribution in [0.4, 0.5) is 0 Å². The third kappa shape index (κ3) is 3.21. The number of rotatable bonds is 4. The van der Waals surface area contributed by atoms with Crippen molar-refractivity contribution in [2.24, 2.45) is 7.05 Å². The molecule has 1 N–H and O–H groups in total. The highest BCUT2D eigenvalue weighted by Gasteiger charge is 2.10. The van der Waals surface area contributed by atoms with Gasteiger partial charge in [0, 0.05) is 17.8 Å². The molecule has 6 heteroatoms. The molecule has 4 nitrogen and oxygen atoms in total. The molecule has 0 bridgehead atoms. The largest absolute Gasteiger partial charge is 0.388 e. The van der Waals surface area contributed by atoms with Gasteiger partial charge in [-0.15, -0.1) is 10.2 Å². The smallest absolute Gasteiger partial charge is 0.190 e. The lowest BCUT2D eigenvalue weighted by Crippen LogP contribution is -2.01. The predicted molar refractivity (Wildman–Crippen MR) is 68.1 cm³/mol. The van der Waals surface area contributed by atoms with Crippen molar-refractivity contribution in [3.05, 3.63) is 41.2 Å². The van der Waals surface area contributed by atoms with Crippen LogP contribution in [0.15, 0.2) is 35.7 Å². The first-order valence-corrected chi connectivity index (χ1v) is 6.43. The Labute approximate surface area is 109 Å². The van der Waals surface area contributed by atoms with Crippen molar-refractivity contribution >= 4 is 23.4 Å². The van der Waals surface area contributed by atoms with Crippen LogP contribution < -0.4 is 0 Å². The molecule has 1 heterocycles. The molecular formula is C11H12ClN3OS. The molecule has 1 atom stereocenters. The van der Waals surface area contributed by atoms with Gasteiger partial charge in [-0.25, -0.2) is 0 Å². The number of aliphatic hydroxyl groups excluding tert-OH is 1. The van der Waals surface area contributed by atoms with E-state index in [1.54, 1.807) is 18.5 Å². The van der Waals surface area contributed by atoms with Gasteiger partial charge < -0.3 is 9.67 Å². The molecule has 1 aromatic carbocycles. The molecule has 0 aliphatic carbocycles. The highest BCUT2D eigenvalue weighted by atomic mass is 35.5. The summed E-state index contributed by atoms with van der Waals surface area (Å²) in [7, 11) is 1.87. The number of aryl methyl sites for hydroxylation is 1. The van der Waals surface area contributed by atoms with Gasteiger partial charge in [-0.05, 0) is 17.7 Å². The van der Waals surface area contributed by atoms with Gasteiger partial charge in [0.25, 0.3) is 0 Å². The van der Waals surface area contributed by atoms with E-state index in [1.807, 2.05) is 23.7 Å². The number of thioether (sulfide) groups is 1. The number of halogens is 1. The van der Waals surface area contributed by atoms with Gasteiger partial charge in [0.1, 0.15) is 6.33 Å². The lowest BCUT2D eigenvalue weighted by atomic mass is 10.1. The number of aliphatic hydroxyl groups is 1. The van der Waals surface area contributed by atoms with E-state index in [1.165, 1.54) is 11.8 Å². The summed E-state index contributed by atoms with van der Waals surface area (Å²) >= 11 is 7.25. The van der Waals surface area contributed by atoms with Crippen LogP contribution in [0.5, 0.6) is 0 Å². The Kier molecular flexibility index (Phi) is 4.04. The summed E-state index contributed by atoms with van der Waals surface area (Å²) in [4.78, 5) is 0. The van der Waals surface area contributed by atoms with E-state index in [0.29, 0.717) is 10.8 Å². The average Bonchev–Trinajstić information content (AvgIpc) is 2.73. The third-order valence-electron chi connectivity index (χ3n) is 2.29. The third-order valence-corrected chi connectivity index (χ3v) is 3.66.